The fraction of sp³-hybridized carbons (Fsp3) is 0.286. The third-order valence-electron chi connectivity index (χ3n) is 4.52. The number of nitrogens with one attached hydrogen (secondary N) is 1. The van der Waals surface area contributed by atoms with E-state index in [0.717, 1.165) is 12.1 Å². The molecule has 2 aromatic rings. The van der Waals surface area contributed by atoms with E-state index in [0.29, 0.717) is 30.2 Å². The van der Waals surface area contributed by atoms with Gasteiger partial charge in [0.05, 0.1) is 24.3 Å². The summed E-state index contributed by atoms with van der Waals surface area (Å²) in [7, 11) is 0. The molecule has 1 aliphatic heterocycles. The quantitative estimate of drug-likeness (QED) is 0.414. The van der Waals surface area contributed by atoms with Crippen molar-refractivity contribution in [1.29, 1.82) is 0 Å². The maximum Gasteiger partial charge on any atom is 1.00 e. The Kier molecular flexibility index (Phi) is 9.62. The van der Waals surface area contributed by atoms with Crippen molar-refractivity contribution in [1.82, 2.24) is 14.9 Å². The first kappa shape index (κ1) is 26.6. The summed E-state index contributed by atoms with van der Waals surface area (Å²) in [5.41, 5.74) is 0.555. The molecule has 1 aromatic carbocycles. The van der Waals surface area contributed by atoms with Crippen molar-refractivity contribution in [3.8, 4) is 0 Å². The number of likely N-dealkylation sites (tertiary alicyclic amines) is 1. The number of hydrogen-bond donors (Lipinski definition) is 1. The molecule has 1 saturated heterocycles. The molecule has 3 rings (SSSR count). The molecule has 2 atom stereocenters. The van der Waals surface area contributed by atoms with Crippen LogP contribution in [0.4, 0.5) is 19.1 Å². The van der Waals surface area contributed by atoms with E-state index in [2.05, 4.69) is 28.8 Å². The van der Waals surface area contributed by atoms with Crippen LogP contribution < -0.4 is 24.2 Å². The zero-order valence-electron chi connectivity index (χ0n) is 17.5. The first-order valence-corrected chi connectivity index (χ1v) is 8.86. The summed E-state index contributed by atoms with van der Waals surface area (Å²) >= 11 is 0. The topological polar surface area (TPSA) is 67.4 Å². The van der Waals surface area contributed by atoms with Gasteiger partial charge in [0.1, 0.15) is 0 Å². The van der Waals surface area contributed by atoms with Gasteiger partial charge in [-0.3, -0.25) is 14.8 Å². The number of benzene rings is 1. The molecule has 0 spiro atoms. The summed E-state index contributed by atoms with van der Waals surface area (Å²) in [6, 6.07) is 4.51. The van der Waals surface area contributed by atoms with Crippen molar-refractivity contribution in [3.05, 3.63) is 80.4 Å². The normalized spacial score (nSPS) is 18.0. The number of halogens is 3. The number of nitrogens with zero attached hydrogens (tertiary/aromatic N) is 3. The van der Waals surface area contributed by atoms with Gasteiger partial charge in [-0.05, 0) is 23.8 Å². The molecule has 1 fully saturated rings. The Labute approximate surface area is 192 Å². The molecular weight excluding hydrogens is 404 g/mol. The number of rotatable bonds is 6. The first-order valence-electron chi connectivity index (χ1n) is 8.86. The molecule has 10 heteroatoms. The van der Waals surface area contributed by atoms with Gasteiger partial charge in [-0.15, -0.1) is 0 Å². The molecule has 162 valence electrons. The Hall–Kier alpha value is -2.47. The van der Waals surface area contributed by atoms with Gasteiger partial charge in [0.15, 0.2) is 5.95 Å². The minimum absolute atomic E-state index is 0. The van der Waals surface area contributed by atoms with Crippen LogP contribution in [0.15, 0.2) is 49.3 Å². The molecule has 1 aliphatic rings. The molecular formula is C21H23F3LiN4O2-. The standard InChI is InChI=1S/C20H20F3N4O2.CH3.Li/c1-3-18(28)27-10-16(26-19-24-8-13(2)9-25-19)17(11-27)29-12-14-4-6-15(7-5-14)20(21,22)23;;/h3-9,16-17H,1-2,10-12H2,(H,24,25,26);1H3;/q2*-1;+1/t16-,17-;;/m1../s1. The number of amides is 1. The predicted octanol–water partition coefficient (Wildman–Crippen LogP) is 0.526. The maximum absolute atomic E-state index is 12.7. The van der Waals surface area contributed by atoms with Gasteiger partial charge in [0, 0.05) is 13.1 Å². The fourth-order valence-electron chi connectivity index (χ4n) is 2.98. The third kappa shape index (κ3) is 7.03. The second-order valence-electron chi connectivity index (χ2n) is 6.66. The molecule has 1 aromatic heterocycles. The summed E-state index contributed by atoms with van der Waals surface area (Å²) in [5.74, 6) is 0.143. The van der Waals surface area contributed by atoms with Crippen molar-refractivity contribution in [2.24, 2.45) is 0 Å². The van der Waals surface area contributed by atoms with Gasteiger partial charge < -0.3 is 22.4 Å². The molecule has 6 nitrogen and oxygen atoms in total. The van der Waals surface area contributed by atoms with Crippen LogP contribution in [0.5, 0.6) is 0 Å². The number of carbonyl (C=O) groups is 1. The Balaban J connectivity index is 0.00000240. The third-order valence-corrected chi connectivity index (χ3v) is 4.52. The molecule has 1 amide bonds. The van der Waals surface area contributed by atoms with Crippen molar-refractivity contribution >= 4 is 11.9 Å². The van der Waals surface area contributed by atoms with Gasteiger partial charge in [0.25, 0.3) is 0 Å². The number of ether oxygens (including phenoxy) is 1. The number of alkyl halides is 3. The number of aromatic nitrogens is 2. The van der Waals surface area contributed by atoms with Gasteiger partial charge in [-0.25, -0.2) is 0 Å². The molecule has 31 heavy (non-hydrogen) atoms. The summed E-state index contributed by atoms with van der Waals surface area (Å²) in [4.78, 5) is 21.9. The summed E-state index contributed by atoms with van der Waals surface area (Å²) < 4.78 is 44.0. The van der Waals surface area contributed by atoms with E-state index in [1.807, 2.05) is 0 Å². The monoisotopic (exact) mass is 427 g/mol. The van der Waals surface area contributed by atoms with Crippen molar-refractivity contribution in [3.63, 3.8) is 0 Å². The molecule has 0 bridgehead atoms. The maximum atomic E-state index is 12.7. The minimum Gasteiger partial charge on any atom is -0.369 e. The fourth-order valence-corrected chi connectivity index (χ4v) is 2.98. The van der Waals surface area contributed by atoms with Crippen LogP contribution in [0, 0.1) is 14.4 Å². The van der Waals surface area contributed by atoms with Crippen molar-refractivity contribution in [2.75, 3.05) is 18.4 Å². The summed E-state index contributed by atoms with van der Waals surface area (Å²) in [6.07, 6.45) is -0.424. The second kappa shape index (κ2) is 11.2. The molecule has 0 radical (unpaired) electrons. The average Bonchev–Trinajstić information content (AvgIpc) is 3.10. The number of anilines is 1. The molecule has 0 saturated carbocycles. The predicted molar refractivity (Wildman–Crippen MR) is 107 cm³/mol. The van der Waals surface area contributed by atoms with Crippen molar-refractivity contribution < 1.29 is 41.6 Å². The van der Waals surface area contributed by atoms with E-state index in [-0.39, 0.29) is 44.8 Å². The molecule has 2 heterocycles. The van der Waals surface area contributed by atoms with E-state index in [1.54, 1.807) is 17.3 Å². The van der Waals surface area contributed by atoms with Crippen LogP contribution in [0.3, 0.4) is 0 Å². The Morgan fingerprint density at radius 3 is 2.42 bits per heavy atom. The first-order chi connectivity index (χ1) is 13.8. The Morgan fingerprint density at radius 1 is 1.26 bits per heavy atom. The van der Waals surface area contributed by atoms with Gasteiger partial charge in [-0.1, -0.05) is 31.1 Å². The van der Waals surface area contributed by atoms with Crippen LogP contribution in [0.25, 0.3) is 0 Å². The van der Waals surface area contributed by atoms with Gasteiger partial charge >= 0.3 is 25.0 Å². The van der Waals surface area contributed by atoms with Crippen LogP contribution in [-0.4, -0.2) is 46.0 Å². The van der Waals surface area contributed by atoms with Crippen LogP contribution in [0.2, 0.25) is 0 Å². The van der Waals surface area contributed by atoms with Gasteiger partial charge in [-0.2, -0.15) is 25.7 Å². The zero-order chi connectivity index (χ0) is 21.0. The summed E-state index contributed by atoms with van der Waals surface area (Å²) in [5, 5.41) is 3.14. The minimum atomic E-state index is -4.38. The summed E-state index contributed by atoms with van der Waals surface area (Å²) in [6.45, 7) is 8.00. The van der Waals surface area contributed by atoms with E-state index in [4.69, 9.17) is 4.74 Å². The van der Waals surface area contributed by atoms with Crippen LogP contribution in [0.1, 0.15) is 16.7 Å². The number of hydrogen-bond acceptors (Lipinski definition) is 5. The van der Waals surface area contributed by atoms with E-state index in [1.165, 1.54) is 18.2 Å². The average molecular weight is 427 g/mol. The smallest absolute Gasteiger partial charge is 0.369 e. The Morgan fingerprint density at radius 2 is 1.87 bits per heavy atom. The van der Waals surface area contributed by atoms with Crippen molar-refractivity contribution in [2.45, 2.75) is 24.9 Å². The zero-order valence-corrected chi connectivity index (χ0v) is 17.5. The van der Waals surface area contributed by atoms with Gasteiger partial charge in [0.2, 0.25) is 5.91 Å². The molecule has 0 unspecified atom stereocenters. The molecule has 1 N–H and O–H groups in total. The van der Waals surface area contributed by atoms with Crippen LogP contribution in [-0.2, 0) is 22.3 Å². The Bertz CT molecular complexity index is 860. The van der Waals surface area contributed by atoms with Crippen LogP contribution >= 0.6 is 0 Å². The largest absolute Gasteiger partial charge is 1.00 e. The molecule has 0 aliphatic carbocycles. The second-order valence-corrected chi connectivity index (χ2v) is 6.66. The van der Waals surface area contributed by atoms with E-state index >= 15 is 0 Å². The SMILES string of the molecule is C=CC(=O)N1C[C@@H](Nc2ncc([CH2-])cn2)[C@H](OCc2ccc(C(F)(F)F)cc2)C1.[CH3-].[Li+]. The van der Waals surface area contributed by atoms with E-state index < -0.39 is 17.8 Å². The number of carbonyl (C=O) groups excluding carboxylic acids is 1. The van der Waals surface area contributed by atoms with E-state index in [9.17, 15) is 18.0 Å².